The molecule has 0 saturated carbocycles. The van der Waals surface area contributed by atoms with Crippen molar-refractivity contribution in [2.45, 2.75) is 17.9 Å². The van der Waals surface area contributed by atoms with Gasteiger partial charge in [0.15, 0.2) is 6.29 Å². The van der Waals surface area contributed by atoms with Gasteiger partial charge in [-0.1, -0.05) is 29.7 Å². The van der Waals surface area contributed by atoms with Crippen molar-refractivity contribution in [1.82, 2.24) is 9.38 Å². The lowest BCUT2D eigenvalue weighted by Gasteiger charge is -2.19. The molecule has 2 aromatic carbocycles. The van der Waals surface area contributed by atoms with Gasteiger partial charge in [0, 0.05) is 42.1 Å². The first-order valence-corrected chi connectivity index (χ1v) is 11.1. The van der Waals surface area contributed by atoms with E-state index in [-0.39, 0.29) is 5.56 Å². The number of aldehydes is 1. The Bertz CT molecular complexity index is 1150. The fraction of sp³-hybridized carbons (Fsp3) is 0.304. The van der Waals surface area contributed by atoms with E-state index in [0.717, 1.165) is 51.8 Å². The van der Waals surface area contributed by atoms with E-state index in [1.54, 1.807) is 0 Å². The van der Waals surface area contributed by atoms with Crippen molar-refractivity contribution in [3.8, 4) is 0 Å². The first-order chi connectivity index (χ1) is 14.8. The van der Waals surface area contributed by atoms with Crippen LogP contribution in [0, 0.1) is 0 Å². The van der Waals surface area contributed by atoms with Gasteiger partial charge in [0.05, 0.1) is 5.56 Å². The third-order valence-corrected chi connectivity index (χ3v) is 6.46. The fourth-order valence-corrected chi connectivity index (χ4v) is 4.58. The molecule has 31 heavy (non-hydrogen) atoms. The van der Waals surface area contributed by atoms with Crippen LogP contribution in [0.2, 0.25) is 0 Å². The summed E-state index contributed by atoms with van der Waals surface area (Å²) in [6, 6.07) is 13.6. The smallest absolute Gasteiger partial charge is 0.249 e. The van der Waals surface area contributed by atoms with Gasteiger partial charge in [-0.15, -0.1) is 11.8 Å². The Balaban J connectivity index is 1.75. The van der Waals surface area contributed by atoms with Crippen LogP contribution in [0.3, 0.4) is 0 Å². The fourth-order valence-electron chi connectivity index (χ4n) is 3.49. The molecule has 0 aliphatic heterocycles. The molecule has 156 valence electrons. The van der Waals surface area contributed by atoms with Gasteiger partial charge in [0.2, 0.25) is 13.5 Å². The molecule has 1 heterocycles. The normalized spacial score (nSPS) is 11.2. The zero-order valence-electron chi connectivity index (χ0n) is 18.2. The minimum absolute atomic E-state index is 0.114. The summed E-state index contributed by atoms with van der Waals surface area (Å²) in [4.78, 5) is 29.2. The number of thioether (sulfide) groups is 1. The van der Waals surface area contributed by atoms with Crippen molar-refractivity contribution in [3.05, 3.63) is 63.9 Å². The standard InChI is InChI=1S/C23H25B2N3O2S/c1-26(2)17-9-10-18-21(13-17)28(25)23(30)19(15-29)22(18)31-12-6-11-27(3)14-16-7-4-5-8-20(16)24/h4-5,7-10,13,15H,6,11-12,14H2,1-3H3. The second-order valence-corrected chi connectivity index (χ2v) is 8.88. The molecule has 4 radical (unpaired) electrons. The Morgan fingerprint density at radius 2 is 1.87 bits per heavy atom. The van der Waals surface area contributed by atoms with Crippen molar-refractivity contribution in [2.75, 3.05) is 38.3 Å². The maximum atomic E-state index is 12.7. The summed E-state index contributed by atoms with van der Waals surface area (Å²) in [7, 11) is 18.0. The van der Waals surface area contributed by atoms with Gasteiger partial charge in [-0.2, -0.15) is 0 Å². The molecule has 0 aliphatic rings. The number of nitrogens with zero attached hydrogens (tertiary/aromatic N) is 3. The van der Waals surface area contributed by atoms with Gasteiger partial charge in [0.25, 0.3) is 0 Å². The molecular weight excluding hydrogens is 404 g/mol. The lowest BCUT2D eigenvalue weighted by atomic mass is 9.90. The first kappa shape index (κ1) is 23.2. The molecule has 0 atom stereocenters. The zero-order chi connectivity index (χ0) is 22.5. The van der Waals surface area contributed by atoms with E-state index in [9.17, 15) is 9.59 Å². The SMILES string of the molecule is [B]c1ccccc1CN(C)CCCSc1c(C=O)c(=O)n([B])c2cc(N(C)C)ccc12. The van der Waals surface area contributed by atoms with Crippen molar-refractivity contribution < 1.29 is 4.79 Å². The van der Waals surface area contributed by atoms with Crippen molar-refractivity contribution in [2.24, 2.45) is 0 Å². The minimum Gasteiger partial charge on any atom is -0.378 e. The maximum absolute atomic E-state index is 12.7. The molecule has 0 fully saturated rings. The van der Waals surface area contributed by atoms with Crippen molar-refractivity contribution in [3.63, 3.8) is 0 Å². The Morgan fingerprint density at radius 3 is 2.55 bits per heavy atom. The molecule has 8 heteroatoms. The molecular formula is C23H25B2N3O2S. The summed E-state index contributed by atoms with van der Waals surface area (Å²) in [5, 5.41) is 0.810. The van der Waals surface area contributed by atoms with E-state index in [2.05, 4.69) is 11.9 Å². The second kappa shape index (κ2) is 10.2. The summed E-state index contributed by atoms with van der Waals surface area (Å²) in [6.45, 7) is 1.64. The number of benzene rings is 2. The molecule has 0 bridgehead atoms. The Labute approximate surface area is 190 Å². The van der Waals surface area contributed by atoms with Gasteiger partial charge >= 0.3 is 0 Å². The monoisotopic (exact) mass is 429 g/mol. The van der Waals surface area contributed by atoms with Crippen LogP contribution < -0.4 is 15.9 Å². The number of pyridine rings is 1. The van der Waals surface area contributed by atoms with Crippen LogP contribution in [0.5, 0.6) is 0 Å². The molecule has 0 N–H and O–H groups in total. The lowest BCUT2D eigenvalue weighted by Crippen LogP contribution is -2.24. The maximum Gasteiger partial charge on any atom is 0.249 e. The number of fused-ring (bicyclic) bond motifs is 1. The molecule has 0 unspecified atom stereocenters. The number of hydrogen-bond donors (Lipinski definition) is 0. The minimum atomic E-state index is -0.474. The van der Waals surface area contributed by atoms with E-state index in [1.807, 2.05) is 61.5 Å². The lowest BCUT2D eigenvalue weighted by molar-refractivity contribution is 0.111. The number of aromatic nitrogens is 1. The highest BCUT2D eigenvalue weighted by atomic mass is 32.2. The summed E-state index contributed by atoms with van der Waals surface area (Å²) in [5.74, 6) is 0.772. The number of hydrogen-bond acceptors (Lipinski definition) is 5. The molecule has 0 saturated heterocycles. The van der Waals surface area contributed by atoms with Gasteiger partial charge in [-0.3, -0.25) is 9.59 Å². The molecule has 3 rings (SSSR count). The first-order valence-electron chi connectivity index (χ1n) is 10.1. The van der Waals surface area contributed by atoms with Gasteiger partial charge in [-0.05, 0) is 49.5 Å². The summed E-state index contributed by atoms with van der Waals surface area (Å²) < 4.78 is 1.06. The van der Waals surface area contributed by atoms with E-state index in [0.29, 0.717) is 16.7 Å². The summed E-state index contributed by atoms with van der Waals surface area (Å²) >= 11 is 1.52. The van der Waals surface area contributed by atoms with E-state index in [4.69, 9.17) is 15.8 Å². The van der Waals surface area contributed by atoms with Gasteiger partial charge in [-0.25, -0.2) is 0 Å². The molecule has 0 spiro atoms. The summed E-state index contributed by atoms with van der Waals surface area (Å²) in [6.07, 6.45) is 1.51. The van der Waals surface area contributed by atoms with Crippen LogP contribution in [-0.4, -0.2) is 64.9 Å². The van der Waals surface area contributed by atoms with E-state index < -0.39 is 5.56 Å². The number of anilines is 1. The molecule has 0 aliphatic carbocycles. The highest BCUT2D eigenvalue weighted by molar-refractivity contribution is 7.99. The second-order valence-electron chi connectivity index (χ2n) is 7.77. The van der Waals surface area contributed by atoms with Crippen molar-refractivity contribution >= 4 is 55.9 Å². The number of carbonyl (C=O) groups is 1. The molecule has 3 aromatic rings. The van der Waals surface area contributed by atoms with Crippen LogP contribution >= 0.6 is 11.8 Å². The van der Waals surface area contributed by atoms with Crippen LogP contribution in [0.4, 0.5) is 5.69 Å². The average molecular weight is 429 g/mol. The largest absolute Gasteiger partial charge is 0.378 e. The summed E-state index contributed by atoms with van der Waals surface area (Å²) in [5.41, 5.74) is 3.09. The number of carbonyl (C=O) groups excluding carboxylic acids is 1. The highest BCUT2D eigenvalue weighted by Gasteiger charge is 2.16. The zero-order valence-corrected chi connectivity index (χ0v) is 19.0. The van der Waals surface area contributed by atoms with Gasteiger partial charge in [0.1, 0.15) is 7.85 Å². The third kappa shape index (κ3) is 5.25. The van der Waals surface area contributed by atoms with E-state index >= 15 is 0 Å². The van der Waals surface area contributed by atoms with Crippen molar-refractivity contribution in [1.29, 1.82) is 0 Å². The third-order valence-electron chi connectivity index (χ3n) is 5.24. The van der Waals surface area contributed by atoms with Gasteiger partial charge < -0.3 is 14.3 Å². The Morgan fingerprint density at radius 1 is 1.13 bits per heavy atom. The van der Waals surface area contributed by atoms with Crippen LogP contribution in [0.25, 0.3) is 10.9 Å². The van der Waals surface area contributed by atoms with Crippen LogP contribution in [-0.2, 0) is 6.54 Å². The van der Waals surface area contributed by atoms with Crippen LogP contribution in [0.1, 0.15) is 22.3 Å². The quantitative estimate of drug-likeness (QED) is 0.226. The highest BCUT2D eigenvalue weighted by Crippen LogP contribution is 2.31. The molecule has 1 aromatic heterocycles. The topological polar surface area (TPSA) is 45.6 Å². The Kier molecular flexibility index (Phi) is 7.68. The number of rotatable bonds is 9. The predicted molar refractivity (Wildman–Crippen MR) is 133 cm³/mol. The Hall–Kier alpha value is -2.44. The van der Waals surface area contributed by atoms with Crippen LogP contribution in [0.15, 0.2) is 52.2 Å². The average Bonchev–Trinajstić information content (AvgIpc) is 2.75. The van der Waals surface area contributed by atoms with E-state index in [1.165, 1.54) is 11.8 Å². The molecule has 5 nitrogen and oxygen atoms in total. The predicted octanol–water partition coefficient (Wildman–Crippen LogP) is 2.22. The molecule has 0 amide bonds.